The van der Waals surface area contributed by atoms with E-state index in [9.17, 15) is 9.90 Å². The van der Waals surface area contributed by atoms with Crippen molar-refractivity contribution in [3.8, 4) is 0 Å². The summed E-state index contributed by atoms with van der Waals surface area (Å²) >= 11 is 1.64. The first-order valence-electron chi connectivity index (χ1n) is 7.60. The SMILES string of the molecule is O=C(Cc1ccsc1)N1CCC[C@@](CO)(CC2CC2)C1. The second-order valence-electron chi connectivity index (χ2n) is 6.53. The van der Waals surface area contributed by atoms with E-state index in [1.54, 1.807) is 11.3 Å². The molecule has 0 spiro atoms. The molecule has 0 radical (unpaired) electrons. The number of carbonyl (C=O) groups is 1. The van der Waals surface area contributed by atoms with Crippen molar-refractivity contribution in [3.05, 3.63) is 22.4 Å². The molecule has 1 atom stereocenters. The highest BCUT2D eigenvalue weighted by molar-refractivity contribution is 7.07. The molecule has 0 bridgehead atoms. The predicted molar refractivity (Wildman–Crippen MR) is 80.7 cm³/mol. The summed E-state index contributed by atoms with van der Waals surface area (Å²) in [5, 5.41) is 13.9. The number of amides is 1. The molecule has 4 heteroatoms. The highest BCUT2D eigenvalue weighted by Crippen LogP contribution is 2.44. The van der Waals surface area contributed by atoms with Crippen molar-refractivity contribution in [1.82, 2.24) is 4.90 Å². The first kappa shape index (κ1) is 14.1. The Morgan fingerprint density at radius 2 is 2.35 bits per heavy atom. The van der Waals surface area contributed by atoms with Gasteiger partial charge in [-0.05, 0) is 47.6 Å². The molecule has 1 saturated carbocycles. The van der Waals surface area contributed by atoms with Gasteiger partial charge in [-0.15, -0.1) is 0 Å². The topological polar surface area (TPSA) is 40.5 Å². The van der Waals surface area contributed by atoms with Crippen molar-refractivity contribution in [1.29, 1.82) is 0 Å². The molecule has 0 unspecified atom stereocenters. The number of aliphatic hydroxyl groups excluding tert-OH is 1. The highest BCUT2D eigenvalue weighted by atomic mass is 32.1. The molecule has 2 fully saturated rings. The highest BCUT2D eigenvalue weighted by Gasteiger charge is 2.40. The maximum atomic E-state index is 12.4. The summed E-state index contributed by atoms with van der Waals surface area (Å²) in [5.41, 5.74) is 1.09. The predicted octanol–water partition coefficient (Wildman–Crippen LogP) is 2.69. The minimum atomic E-state index is -0.0241. The number of hydrogen-bond donors (Lipinski definition) is 1. The second-order valence-corrected chi connectivity index (χ2v) is 7.31. The van der Waals surface area contributed by atoms with Crippen LogP contribution in [-0.2, 0) is 11.2 Å². The first-order valence-corrected chi connectivity index (χ1v) is 8.55. The van der Waals surface area contributed by atoms with Crippen LogP contribution in [-0.4, -0.2) is 35.6 Å². The Labute approximate surface area is 124 Å². The summed E-state index contributed by atoms with van der Waals surface area (Å²) in [4.78, 5) is 14.4. The van der Waals surface area contributed by atoms with E-state index in [-0.39, 0.29) is 17.9 Å². The van der Waals surface area contributed by atoms with E-state index in [1.165, 1.54) is 12.8 Å². The molecule has 1 saturated heterocycles. The molecule has 1 aromatic rings. The monoisotopic (exact) mass is 293 g/mol. The Morgan fingerprint density at radius 3 is 3.00 bits per heavy atom. The standard InChI is InChI=1S/C16H23NO2S/c18-12-16(9-13-2-3-13)5-1-6-17(11-16)15(19)8-14-4-7-20-10-14/h4,7,10,13,18H,1-3,5-6,8-9,11-12H2/t16-/m1/s1. The lowest BCUT2D eigenvalue weighted by atomic mass is 9.76. The fourth-order valence-electron chi connectivity index (χ4n) is 3.40. The molecule has 1 aliphatic heterocycles. The number of piperidine rings is 1. The maximum Gasteiger partial charge on any atom is 0.227 e. The number of rotatable bonds is 5. The largest absolute Gasteiger partial charge is 0.396 e. The van der Waals surface area contributed by atoms with Crippen LogP contribution in [0, 0.1) is 11.3 Å². The lowest BCUT2D eigenvalue weighted by Gasteiger charge is -2.42. The Morgan fingerprint density at radius 1 is 1.50 bits per heavy atom. The summed E-state index contributed by atoms with van der Waals surface area (Å²) in [6, 6.07) is 2.02. The average Bonchev–Trinajstić information content (AvgIpc) is 3.12. The Hall–Kier alpha value is -0.870. The van der Waals surface area contributed by atoms with Crippen LogP contribution >= 0.6 is 11.3 Å². The van der Waals surface area contributed by atoms with Crippen LogP contribution in [0.1, 0.15) is 37.7 Å². The number of aliphatic hydroxyl groups is 1. The summed E-state index contributed by atoms with van der Waals surface area (Å²) < 4.78 is 0. The molecule has 1 aromatic heterocycles. The zero-order valence-electron chi connectivity index (χ0n) is 11.9. The Bertz CT molecular complexity index is 455. The van der Waals surface area contributed by atoms with E-state index >= 15 is 0 Å². The van der Waals surface area contributed by atoms with E-state index < -0.39 is 0 Å². The van der Waals surface area contributed by atoms with Crippen LogP contribution < -0.4 is 0 Å². The van der Waals surface area contributed by atoms with Gasteiger partial charge in [-0.25, -0.2) is 0 Å². The van der Waals surface area contributed by atoms with E-state index in [4.69, 9.17) is 0 Å². The average molecular weight is 293 g/mol. The van der Waals surface area contributed by atoms with Gasteiger partial charge in [0.05, 0.1) is 13.0 Å². The number of thiophene rings is 1. The van der Waals surface area contributed by atoms with E-state index in [0.29, 0.717) is 6.42 Å². The van der Waals surface area contributed by atoms with Crippen molar-refractivity contribution in [2.75, 3.05) is 19.7 Å². The van der Waals surface area contributed by atoms with Crippen LogP contribution in [0.15, 0.2) is 16.8 Å². The van der Waals surface area contributed by atoms with E-state index in [1.807, 2.05) is 21.7 Å². The molecule has 3 nitrogen and oxygen atoms in total. The smallest absolute Gasteiger partial charge is 0.227 e. The molecular weight excluding hydrogens is 270 g/mol. The number of nitrogens with zero attached hydrogens (tertiary/aromatic N) is 1. The van der Waals surface area contributed by atoms with Gasteiger partial charge in [0, 0.05) is 18.5 Å². The van der Waals surface area contributed by atoms with Crippen LogP contribution in [0.5, 0.6) is 0 Å². The van der Waals surface area contributed by atoms with Gasteiger partial charge in [-0.2, -0.15) is 11.3 Å². The third-order valence-electron chi connectivity index (χ3n) is 4.70. The molecule has 2 heterocycles. The van der Waals surface area contributed by atoms with Gasteiger partial charge in [0.2, 0.25) is 5.91 Å². The van der Waals surface area contributed by atoms with Gasteiger partial charge in [0.15, 0.2) is 0 Å². The van der Waals surface area contributed by atoms with E-state index in [0.717, 1.165) is 43.8 Å². The van der Waals surface area contributed by atoms with Crippen molar-refractivity contribution < 1.29 is 9.90 Å². The van der Waals surface area contributed by atoms with Gasteiger partial charge in [-0.3, -0.25) is 4.79 Å². The van der Waals surface area contributed by atoms with Crippen molar-refractivity contribution in [2.24, 2.45) is 11.3 Å². The van der Waals surface area contributed by atoms with Crippen molar-refractivity contribution in [3.63, 3.8) is 0 Å². The third kappa shape index (κ3) is 3.23. The molecule has 2 aliphatic rings. The maximum absolute atomic E-state index is 12.4. The van der Waals surface area contributed by atoms with Gasteiger partial charge in [-0.1, -0.05) is 12.8 Å². The summed E-state index contributed by atoms with van der Waals surface area (Å²) in [6.45, 7) is 1.84. The fraction of sp³-hybridized carbons (Fsp3) is 0.688. The summed E-state index contributed by atoms with van der Waals surface area (Å²) in [7, 11) is 0. The number of carbonyl (C=O) groups excluding carboxylic acids is 1. The minimum absolute atomic E-state index is 0.0241. The van der Waals surface area contributed by atoms with E-state index in [2.05, 4.69) is 0 Å². The Balaban J connectivity index is 1.62. The molecule has 1 amide bonds. The third-order valence-corrected chi connectivity index (χ3v) is 5.44. The molecule has 110 valence electrons. The summed E-state index contributed by atoms with van der Waals surface area (Å²) in [6.07, 6.45) is 6.33. The van der Waals surface area contributed by atoms with Crippen molar-refractivity contribution in [2.45, 2.75) is 38.5 Å². The Kier molecular flexibility index (Phi) is 4.13. The van der Waals surface area contributed by atoms with Crippen LogP contribution in [0.2, 0.25) is 0 Å². The summed E-state index contributed by atoms with van der Waals surface area (Å²) in [5.74, 6) is 1.02. The second kappa shape index (κ2) is 5.86. The zero-order valence-corrected chi connectivity index (χ0v) is 12.7. The lowest BCUT2D eigenvalue weighted by Crippen LogP contribution is -2.48. The number of likely N-dealkylation sites (tertiary alicyclic amines) is 1. The van der Waals surface area contributed by atoms with Gasteiger partial charge in [0.25, 0.3) is 0 Å². The van der Waals surface area contributed by atoms with Gasteiger partial charge >= 0.3 is 0 Å². The molecule has 0 aromatic carbocycles. The lowest BCUT2D eigenvalue weighted by molar-refractivity contribution is -0.135. The fourth-order valence-corrected chi connectivity index (χ4v) is 4.06. The quantitative estimate of drug-likeness (QED) is 0.907. The van der Waals surface area contributed by atoms with Gasteiger partial charge in [0.1, 0.15) is 0 Å². The zero-order chi connectivity index (χ0) is 14.0. The van der Waals surface area contributed by atoms with Crippen LogP contribution in [0.3, 0.4) is 0 Å². The molecule has 20 heavy (non-hydrogen) atoms. The van der Waals surface area contributed by atoms with Gasteiger partial charge < -0.3 is 10.0 Å². The molecule has 1 N–H and O–H groups in total. The molecule has 3 rings (SSSR count). The van der Waals surface area contributed by atoms with Crippen LogP contribution in [0.4, 0.5) is 0 Å². The number of hydrogen-bond acceptors (Lipinski definition) is 3. The molecular formula is C16H23NO2S. The van der Waals surface area contributed by atoms with Crippen LogP contribution in [0.25, 0.3) is 0 Å². The first-order chi connectivity index (χ1) is 9.71. The van der Waals surface area contributed by atoms with Crippen molar-refractivity contribution >= 4 is 17.2 Å². The minimum Gasteiger partial charge on any atom is -0.396 e. The molecule has 1 aliphatic carbocycles. The normalized spacial score (nSPS) is 26.8.